The second-order valence-electron chi connectivity index (χ2n) is 5.73. The van der Waals surface area contributed by atoms with Gasteiger partial charge >= 0.3 is 0 Å². The van der Waals surface area contributed by atoms with Crippen LogP contribution >= 0.6 is 34.8 Å². The first-order valence-electron chi connectivity index (χ1n) is 7.87. The van der Waals surface area contributed by atoms with E-state index in [1.807, 2.05) is 43.5 Å². The number of aliphatic imine (C=N–C) groups is 1. The van der Waals surface area contributed by atoms with Gasteiger partial charge in [0.05, 0.1) is 6.04 Å². The third kappa shape index (κ3) is 4.43. The van der Waals surface area contributed by atoms with Crippen LogP contribution in [0.4, 0.5) is 0 Å². The third-order valence-electron chi connectivity index (χ3n) is 3.93. The maximum atomic E-state index is 6.26. The second-order valence-corrected chi connectivity index (χ2v) is 6.98. The highest BCUT2D eigenvalue weighted by Crippen LogP contribution is 2.35. The third-order valence-corrected chi connectivity index (χ3v) is 4.77. The number of halogens is 3. The molecule has 0 aromatic heterocycles. The zero-order valence-corrected chi connectivity index (χ0v) is 15.9. The molecule has 1 unspecified atom stereocenters. The van der Waals surface area contributed by atoms with Gasteiger partial charge in [-0.05, 0) is 35.7 Å². The lowest BCUT2D eigenvalue weighted by atomic mass is 10.0. The Hall–Kier alpha value is -1.80. The largest absolute Gasteiger partial charge is 0.285 e. The summed E-state index contributed by atoms with van der Waals surface area (Å²) in [5.74, 6) is 0. The molecule has 3 aromatic carbocycles. The second kappa shape index (κ2) is 8.05. The molecule has 126 valence electrons. The van der Waals surface area contributed by atoms with E-state index in [4.69, 9.17) is 34.8 Å². The lowest BCUT2D eigenvalue weighted by Crippen LogP contribution is -1.94. The van der Waals surface area contributed by atoms with Crippen LogP contribution in [0.25, 0.3) is 11.1 Å². The van der Waals surface area contributed by atoms with Gasteiger partial charge in [0.1, 0.15) is 0 Å². The lowest BCUT2D eigenvalue weighted by Gasteiger charge is -2.12. The molecule has 0 aliphatic rings. The molecule has 0 aliphatic carbocycles. The predicted molar refractivity (Wildman–Crippen MR) is 109 cm³/mol. The summed E-state index contributed by atoms with van der Waals surface area (Å²) in [5.41, 5.74) is 4.17. The van der Waals surface area contributed by atoms with Gasteiger partial charge in [0.25, 0.3) is 0 Å². The van der Waals surface area contributed by atoms with Crippen LogP contribution in [-0.4, -0.2) is 6.21 Å². The van der Waals surface area contributed by atoms with Crippen molar-refractivity contribution in [3.8, 4) is 11.1 Å². The van der Waals surface area contributed by atoms with Crippen LogP contribution in [-0.2, 0) is 0 Å². The molecule has 0 saturated carbocycles. The van der Waals surface area contributed by atoms with Crippen LogP contribution in [0.15, 0.2) is 71.7 Å². The van der Waals surface area contributed by atoms with Crippen molar-refractivity contribution in [1.29, 1.82) is 0 Å². The summed E-state index contributed by atoms with van der Waals surface area (Å²) >= 11 is 18.5. The number of hydrogen-bond acceptors (Lipinski definition) is 1. The van der Waals surface area contributed by atoms with Gasteiger partial charge in [-0.1, -0.05) is 89.4 Å². The summed E-state index contributed by atoms with van der Waals surface area (Å²) in [6.45, 7) is 1.95. The monoisotopic (exact) mass is 387 g/mol. The Bertz CT molecular complexity index is 864. The molecule has 25 heavy (non-hydrogen) atoms. The summed E-state index contributed by atoms with van der Waals surface area (Å²) in [6, 6.07) is 21.7. The summed E-state index contributed by atoms with van der Waals surface area (Å²) in [5, 5.41) is 1.58. The van der Waals surface area contributed by atoms with E-state index in [1.54, 1.807) is 12.1 Å². The van der Waals surface area contributed by atoms with Crippen molar-refractivity contribution in [2.45, 2.75) is 13.0 Å². The highest BCUT2D eigenvalue weighted by Gasteiger charge is 2.13. The first-order valence-corrected chi connectivity index (χ1v) is 9.01. The number of hydrogen-bond donors (Lipinski definition) is 0. The van der Waals surface area contributed by atoms with Crippen LogP contribution < -0.4 is 0 Å². The quantitative estimate of drug-likeness (QED) is 0.410. The van der Waals surface area contributed by atoms with Crippen molar-refractivity contribution in [3.05, 3.63) is 92.9 Å². The van der Waals surface area contributed by atoms with Crippen molar-refractivity contribution in [2.75, 3.05) is 0 Å². The van der Waals surface area contributed by atoms with Crippen molar-refractivity contribution in [2.24, 2.45) is 4.99 Å². The molecule has 3 rings (SSSR count). The van der Waals surface area contributed by atoms with E-state index < -0.39 is 0 Å². The minimum atomic E-state index is -0.161. The SMILES string of the molecule is CC(N=Cc1ccc(-c2ccccc2)cc1)c1c(Cl)cc(Cl)cc1Cl. The first-order chi connectivity index (χ1) is 12.0. The average molecular weight is 389 g/mol. The van der Waals surface area contributed by atoms with E-state index in [0.29, 0.717) is 15.1 Å². The van der Waals surface area contributed by atoms with Gasteiger partial charge in [0.2, 0.25) is 0 Å². The Morgan fingerprint density at radius 2 is 1.36 bits per heavy atom. The first kappa shape index (κ1) is 18.0. The molecule has 0 amide bonds. The zero-order chi connectivity index (χ0) is 17.8. The minimum absolute atomic E-state index is 0.161. The Morgan fingerprint density at radius 1 is 0.800 bits per heavy atom. The molecule has 4 heteroatoms. The Labute approximate surface area is 162 Å². The van der Waals surface area contributed by atoms with E-state index in [9.17, 15) is 0 Å². The molecule has 1 nitrogen and oxygen atoms in total. The molecule has 0 spiro atoms. The minimum Gasteiger partial charge on any atom is -0.285 e. The summed E-state index contributed by atoms with van der Waals surface area (Å²) in [4.78, 5) is 4.58. The standard InChI is InChI=1S/C21H16Cl3N/c1-14(21-19(23)11-18(22)12-20(21)24)25-13-15-7-9-17(10-8-15)16-5-3-2-4-6-16/h2-14H,1H3. The molecule has 0 aliphatic heterocycles. The van der Waals surface area contributed by atoms with Gasteiger partial charge in [-0.25, -0.2) is 0 Å². The van der Waals surface area contributed by atoms with Crippen LogP contribution in [0, 0.1) is 0 Å². The molecule has 0 fully saturated rings. The van der Waals surface area contributed by atoms with E-state index in [1.165, 1.54) is 11.1 Å². The Morgan fingerprint density at radius 3 is 1.96 bits per heavy atom. The van der Waals surface area contributed by atoms with E-state index in [2.05, 4.69) is 29.3 Å². The molecule has 1 atom stereocenters. The molecular formula is C21H16Cl3N. The molecule has 0 radical (unpaired) electrons. The fraction of sp³-hybridized carbons (Fsp3) is 0.0952. The molecule has 0 bridgehead atoms. The molecule has 0 heterocycles. The highest BCUT2D eigenvalue weighted by atomic mass is 35.5. The van der Waals surface area contributed by atoms with Gasteiger partial charge in [0.15, 0.2) is 0 Å². The number of benzene rings is 3. The predicted octanol–water partition coefficient (Wildman–Crippen LogP) is 7.49. The van der Waals surface area contributed by atoms with Gasteiger partial charge in [-0.3, -0.25) is 4.99 Å². The Balaban J connectivity index is 1.78. The molecule has 0 N–H and O–H groups in total. The summed E-state index contributed by atoms with van der Waals surface area (Å²) in [6.07, 6.45) is 1.83. The van der Waals surface area contributed by atoms with Crippen LogP contribution in [0.2, 0.25) is 15.1 Å². The van der Waals surface area contributed by atoms with Crippen molar-refractivity contribution >= 4 is 41.0 Å². The number of rotatable bonds is 4. The van der Waals surface area contributed by atoms with E-state index >= 15 is 0 Å². The lowest BCUT2D eigenvalue weighted by molar-refractivity contribution is 0.826. The topological polar surface area (TPSA) is 12.4 Å². The van der Waals surface area contributed by atoms with E-state index in [-0.39, 0.29) is 6.04 Å². The van der Waals surface area contributed by atoms with Crippen LogP contribution in [0.1, 0.15) is 24.1 Å². The molecular weight excluding hydrogens is 373 g/mol. The summed E-state index contributed by atoms with van der Waals surface area (Å²) in [7, 11) is 0. The van der Waals surface area contributed by atoms with Crippen LogP contribution in [0.5, 0.6) is 0 Å². The summed E-state index contributed by atoms with van der Waals surface area (Å²) < 4.78 is 0. The van der Waals surface area contributed by atoms with Gasteiger partial charge in [0, 0.05) is 26.8 Å². The highest BCUT2D eigenvalue weighted by molar-refractivity contribution is 6.39. The zero-order valence-electron chi connectivity index (χ0n) is 13.6. The van der Waals surface area contributed by atoms with Crippen molar-refractivity contribution in [1.82, 2.24) is 0 Å². The van der Waals surface area contributed by atoms with Crippen molar-refractivity contribution < 1.29 is 0 Å². The smallest absolute Gasteiger partial charge is 0.0750 e. The Kier molecular flexibility index (Phi) is 5.80. The van der Waals surface area contributed by atoms with Crippen LogP contribution in [0.3, 0.4) is 0 Å². The number of nitrogens with zero attached hydrogens (tertiary/aromatic N) is 1. The van der Waals surface area contributed by atoms with Gasteiger partial charge in [-0.15, -0.1) is 0 Å². The maximum Gasteiger partial charge on any atom is 0.0750 e. The maximum absolute atomic E-state index is 6.26. The van der Waals surface area contributed by atoms with Gasteiger partial charge in [-0.2, -0.15) is 0 Å². The molecule has 0 saturated heterocycles. The van der Waals surface area contributed by atoms with Crippen molar-refractivity contribution in [3.63, 3.8) is 0 Å². The van der Waals surface area contributed by atoms with E-state index in [0.717, 1.165) is 11.1 Å². The fourth-order valence-electron chi connectivity index (χ4n) is 2.62. The normalized spacial score (nSPS) is 12.5. The fourth-order valence-corrected chi connectivity index (χ4v) is 3.75. The average Bonchev–Trinajstić information content (AvgIpc) is 2.60. The molecule has 3 aromatic rings. The van der Waals surface area contributed by atoms with Gasteiger partial charge < -0.3 is 0 Å².